The first kappa shape index (κ1) is 10.4. The van der Waals surface area contributed by atoms with Gasteiger partial charge in [-0.2, -0.15) is 0 Å². The molecule has 4 rings (SSSR count). The molecule has 0 saturated carbocycles. The van der Waals surface area contributed by atoms with E-state index in [4.69, 9.17) is 5.73 Å². The first-order chi connectivity index (χ1) is 9.34. The van der Waals surface area contributed by atoms with Crippen LogP contribution in [0, 0.1) is 0 Å². The molecule has 4 aromatic carbocycles. The Morgan fingerprint density at radius 2 is 1.16 bits per heavy atom. The molecule has 0 aromatic heterocycles. The topological polar surface area (TPSA) is 23.8 Å². The van der Waals surface area contributed by atoms with E-state index in [0.29, 0.717) is 5.69 Å². The van der Waals surface area contributed by atoms with Crippen molar-refractivity contribution in [1.82, 2.24) is 5.73 Å². The fourth-order valence-electron chi connectivity index (χ4n) is 2.86. The highest BCUT2D eigenvalue weighted by molar-refractivity contribution is 6.19. The van der Waals surface area contributed by atoms with Gasteiger partial charge in [0.2, 0.25) is 0 Å². The zero-order chi connectivity index (χ0) is 12.8. The van der Waals surface area contributed by atoms with Gasteiger partial charge in [0.15, 0.2) is 0 Å². The van der Waals surface area contributed by atoms with Gasteiger partial charge in [0.25, 0.3) is 0 Å². The van der Waals surface area contributed by atoms with Gasteiger partial charge >= 0.3 is 0 Å². The molecule has 1 heteroatoms. The predicted molar refractivity (Wildman–Crippen MR) is 81.7 cm³/mol. The summed E-state index contributed by atoms with van der Waals surface area (Å²) < 4.78 is 0. The van der Waals surface area contributed by atoms with Crippen molar-refractivity contribution in [3.8, 4) is 0 Å². The van der Waals surface area contributed by atoms with Crippen LogP contribution >= 0.6 is 0 Å². The van der Waals surface area contributed by atoms with Gasteiger partial charge in [-0.3, -0.25) is 0 Å². The molecule has 1 nitrogen and oxygen atoms in total. The monoisotopic (exact) mass is 242 g/mol. The van der Waals surface area contributed by atoms with E-state index in [9.17, 15) is 0 Å². The fraction of sp³-hybridized carbons (Fsp3) is 0. The number of rotatable bonds is 0. The molecule has 0 aliphatic heterocycles. The minimum atomic E-state index is 0.597. The maximum Gasteiger partial charge on any atom is 0.0624 e. The van der Waals surface area contributed by atoms with Crippen LogP contribution in [0.2, 0.25) is 0 Å². The Balaban J connectivity index is 2.34. The van der Waals surface area contributed by atoms with Gasteiger partial charge in [-0.15, -0.1) is 0 Å². The van der Waals surface area contributed by atoms with E-state index in [1.807, 2.05) is 24.3 Å². The predicted octanol–water partition coefficient (Wildman–Crippen LogP) is 5.06. The summed E-state index contributed by atoms with van der Waals surface area (Å²) in [5.41, 5.74) is 8.82. The Kier molecular flexibility index (Phi) is 2.04. The minimum absolute atomic E-state index is 0.597. The minimum Gasteiger partial charge on any atom is -0.300 e. The standard InChI is InChI=1S/C18H12N/c19-18-11-17-13-6-2-1-5-12(13)9-10-15(17)14-7-3-4-8-16(14)18/h1-11,19H. The third-order valence-electron chi connectivity index (χ3n) is 3.77. The average molecular weight is 242 g/mol. The molecule has 0 bridgehead atoms. The third-order valence-corrected chi connectivity index (χ3v) is 3.77. The van der Waals surface area contributed by atoms with Crippen molar-refractivity contribution in [1.29, 1.82) is 0 Å². The average Bonchev–Trinajstić information content (AvgIpc) is 2.47. The Morgan fingerprint density at radius 3 is 2.00 bits per heavy atom. The van der Waals surface area contributed by atoms with E-state index >= 15 is 0 Å². The molecule has 0 atom stereocenters. The molecular formula is C18H12N. The van der Waals surface area contributed by atoms with Crippen molar-refractivity contribution in [3.05, 3.63) is 66.7 Å². The van der Waals surface area contributed by atoms with E-state index in [2.05, 4.69) is 42.5 Å². The Morgan fingerprint density at radius 1 is 0.526 bits per heavy atom. The lowest BCUT2D eigenvalue weighted by Crippen LogP contribution is -1.82. The highest BCUT2D eigenvalue weighted by atomic mass is 14.5. The van der Waals surface area contributed by atoms with Crippen molar-refractivity contribution in [2.24, 2.45) is 0 Å². The fourth-order valence-corrected chi connectivity index (χ4v) is 2.86. The summed E-state index contributed by atoms with van der Waals surface area (Å²) >= 11 is 0. The second-order valence-electron chi connectivity index (χ2n) is 4.85. The van der Waals surface area contributed by atoms with Crippen LogP contribution in [-0.2, 0) is 0 Å². The van der Waals surface area contributed by atoms with Crippen molar-refractivity contribution >= 4 is 38.0 Å². The molecule has 0 spiro atoms. The molecule has 0 fully saturated rings. The van der Waals surface area contributed by atoms with Gasteiger partial charge in [0.05, 0.1) is 5.69 Å². The van der Waals surface area contributed by atoms with Crippen LogP contribution in [0.3, 0.4) is 0 Å². The maximum absolute atomic E-state index is 8.22. The van der Waals surface area contributed by atoms with Crippen LogP contribution in [0.5, 0.6) is 0 Å². The van der Waals surface area contributed by atoms with Crippen molar-refractivity contribution in [2.75, 3.05) is 0 Å². The molecule has 0 unspecified atom stereocenters. The molecule has 89 valence electrons. The summed E-state index contributed by atoms with van der Waals surface area (Å²) in [6, 6.07) is 22.8. The maximum atomic E-state index is 8.22. The summed E-state index contributed by atoms with van der Waals surface area (Å²) in [7, 11) is 0. The van der Waals surface area contributed by atoms with Crippen LogP contribution in [0.25, 0.3) is 32.3 Å². The second-order valence-corrected chi connectivity index (χ2v) is 4.85. The van der Waals surface area contributed by atoms with E-state index in [1.165, 1.54) is 21.5 Å². The van der Waals surface area contributed by atoms with Gasteiger partial charge in [0.1, 0.15) is 0 Å². The lowest BCUT2D eigenvalue weighted by atomic mass is 9.96. The van der Waals surface area contributed by atoms with E-state index < -0.39 is 0 Å². The first-order valence-electron chi connectivity index (χ1n) is 6.39. The number of hydrogen-bond acceptors (Lipinski definition) is 0. The smallest absolute Gasteiger partial charge is 0.0624 e. The molecule has 1 N–H and O–H groups in total. The molecule has 1 radical (unpaired) electrons. The molecule has 19 heavy (non-hydrogen) atoms. The van der Waals surface area contributed by atoms with Crippen molar-refractivity contribution < 1.29 is 0 Å². The SMILES string of the molecule is [NH]c1cc2c3ccccc3ccc2c2ccccc12. The molecular weight excluding hydrogens is 230 g/mol. The number of fused-ring (bicyclic) bond motifs is 5. The summed E-state index contributed by atoms with van der Waals surface area (Å²) in [5, 5.41) is 7.03. The van der Waals surface area contributed by atoms with E-state index in [1.54, 1.807) is 0 Å². The van der Waals surface area contributed by atoms with E-state index in [-0.39, 0.29) is 0 Å². The van der Waals surface area contributed by atoms with Gasteiger partial charge in [0, 0.05) is 5.39 Å². The Labute approximate surface area is 111 Å². The molecule has 0 saturated heterocycles. The quantitative estimate of drug-likeness (QED) is 0.385. The van der Waals surface area contributed by atoms with Crippen LogP contribution < -0.4 is 5.73 Å². The molecule has 0 aliphatic carbocycles. The van der Waals surface area contributed by atoms with Crippen LogP contribution in [0.15, 0.2) is 66.7 Å². The van der Waals surface area contributed by atoms with Gasteiger partial charge < -0.3 is 5.73 Å². The zero-order valence-electron chi connectivity index (χ0n) is 10.4. The normalized spacial score (nSPS) is 11.4. The first-order valence-corrected chi connectivity index (χ1v) is 6.39. The lowest BCUT2D eigenvalue weighted by Gasteiger charge is -2.09. The zero-order valence-corrected chi connectivity index (χ0v) is 10.4. The van der Waals surface area contributed by atoms with Gasteiger partial charge in [-0.1, -0.05) is 60.7 Å². The number of hydrogen-bond donors (Lipinski definition) is 0. The van der Waals surface area contributed by atoms with Crippen LogP contribution in [0.4, 0.5) is 5.69 Å². The van der Waals surface area contributed by atoms with Crippen molar-refractivity contribution in [3.63, 3.8) is 0 Å². The summed E-state index contributed by atoms with van der Waals surface area (Å²) in [5.74, 6) is 0. The third kappa shape index (κ3) is 1.42. The second kappa shape index (κ2) is 3.72. The van der Waals surface area contributed by atoms with Crippen molar-refractivity contribution in [2.45, 2.75) is 0 Å². The molecule has 0 aliphatic rings. The van der Waals surface area contributed by atoms with E-state index in [0.717, 1.165) is 10.8 Å². The molecule has 0 amide bonds. The summed E-state index contributed by atoms with van der Waals surface area (Å²) in [6.07, 6.45) is 0. The highest BCUT2D eigenvalue weighted by Crippen LogP contribution is 2.34. The Hall–Kier alpha value is -2.54. The highest BCUT2D eigenvalue weighted by Gasteiger charge is 2.06. The number of benzene rings is 4. The molecule has 0 heterocycles. The summed E-state index contributed by atoms with van der Waals surface area (Å²) in [6.45, 7) is 0. The van der Waals surface area contributed by atoms with Gasteiger partial charge in [-0.05, 0) is 33.0 Å². The number of nitrogens with one attached hydrogen (secondary N) is 1. The van der Waals surface area contributed by atoms with Crippen LogP contribution in [0.1, 0.15) is 0 Å². The Bertz CT molecular complexity index is 922. The lowest BCUT2D eigenvalue weighted by molar-refractivity contribution is 1.54. The molecule has 4 aromatic rings. The van der Waals surface area contributed by atoms with Crippen LogP contribution in [-0.4, -0.2) is 0 Å². The summed E-state index contributed by atoms with van der Waals surface area (Å²) in [4.78, 5) is 0. The van der Waals surface area contributed by atoms with Gasteiger partial charge in [-0.25, -0.2) is 0 Å². The largest absolute Gasteiger partial charge is 0.300 e.